The van der Waals surface area contributed by atoms with E-state index in [1.165, 1.54) is 12.3 Å². The summed E-state index contributed by atoms with van der Waals surface area (Å²) in [6.45, 7) is 9.52. The van der Waals surface area contributed by atoms with Crippen LogP contribution in [0.25, 0.3) is 0 Å². The third-order valence-corrected chi connectivity index (χ3v) is 5.22. The summed E-state index contributed by atoms with van der Waals surface area (Å²) in [5.74, 6) is 0.563. The van der Waals surface area contributed by atoms with Crippen molar-refractivity contribution in [2.45, 2.75) is 39.0 Å². The van der Waals surface area contributed by atoms with E-state index in [-0.39, 0.29) is 29.6 Å². The summed E-state index contributed by atoms with van der Waals surface area (Å²) in [4.78, 5) is 17.9. The predicted molar refractivity (Wildman–Crippen MR) is 102 cm³/mol. The molecule has 0 saturated heterocycles. The Bertz CT molecular complexity index is 683. The van der Waals surface area contributed by atoms with Crippen molar-refractivity contribution in [3.8, 4) is 0 Å². The molecule has 7 nitrogen and oxygen atoms in total. The Hall–Kier alpha value is -1.19. The zero-order valence-corrected chi connectivity index (χ0v) is 17.5. The van der Waals surface area contributed by atoms with Gasteiger partial charge >= 0.3 is 0 Å². The van der Waals surface area contributed by atoms with Crippen LogP contribution in [-0.2, 0) is 14.8 Å². The van der Waals surface area contributed by atoms with Crippen LogP contribution in [0.15, 0.2) is 21.6 Å². The fraction of sp³-hybridized carbons (Fsp3) is 0.625. The Morgan fingerprint density at radius 2 is 1.84 bits per heavy atom. The highest BCUT2D eigenvalue weighted by Gasteiger charge is 2.21. The fourth-order valence-corrected chi connectivity index (χ4v) is 3.95. The van der Waals surface area contributed by atoms with E-state index in [2.05, 4.69) is 25.6 Å². The summed E-state index contributed by atoms with van der Waals surface area (Å²) in [5, 5.41) is 0. The van der Waals surface area contributed by atoms with Gasteiger partial charge in [0, 0.05) is 36.7 Å². The van der Waals surface area contributed by atoms with E-state index in [1.807, 2.05) is 27.7 Å². The number of pyridine rings is 1. The highest BCUT2D eigenvalue weighted by molar-refractivity contribution is 9.10. The molecule has 0 bridgehead atoms. The summed E-state index contributed by atoms with van der Waals surface area (Å²) < 4.78 is 27.6. The number of carbonyl (C=O) groups excluding carboxylic acids is 1. The molecule has 1 heterocycles. The van der Waals surface area contributed by atoms with Crippen LogP contribution >= 0.6 is 15.9 Å². The summed E-state index contributed by atoms with van der Waals surface area (Å²) in [6, 6.07) is 1.39. The number of sulfonamides is 1. The van der Waals surface area contributed by atoms with Gasteiger partial charge in [-0.1, -0.05) is 27.7 Å². The molecule has 1 aromatic rings. The topological polar surface area (TPSA) is 105 Å². The molecule has 25 heavy (non-hydrogen) atoms. The van der Waals surface area contributed by atoms with Gasteiger partial charge in [-0.2, -0.15) is 0 Å². The first kappa shape index (κ1) is 21.9. The largest absolute Gasteiger partial charge is 0.383 e. The average Bonchev–Trinajstić information content (AvgIpc) is 2.47. The number of rotatable bonds is 9. The van der Waals surface area contributed by atoms with Crippen LogP contribution in [0.1, 0.15) is 34.1 Å². The molecule has 0 aliphatic heterocycles. The third kappa shape index (κ3) is 7.29. The zero-order valence-electron chi connectivity index (χ0n) is 15.1. The zero-order chi connectivity index (χ0) is 19.2. The van der Waals surface area contributed by atoms with Gasteiger partial charge in [0.2, 0.25) is 15.9 Å². The van der Waals surface area contributed by atoms with Crippen molar-refractivity contribution in [3.05, 3.63) is 16.7 Å². The standard InChI is InChI=1S/C16H27BrN4O3S/c1-11(2)9-21(10-12(3)4)15(22)5-6-20-25(23,24)14-7-13(17)8-19-16(14)18/h7-8,11-12,20H,5-6,9-10H2,1-4H3,(H2,18,19). The fourth-order valence-electron chi connectivity index (χ4n) is 2.33. The van der Waals surface area contributed by atoms with Crippen molar-refractivity contribution in [2.75, 3.05) is 25.4 Å². The summed E-state index contributed by atoms with van der Waals surface area (Å²) in [5.41, 5.74) is 5.64. The Morgan fingerprint density at radius 3 is 2.36 bits per heavy atom. The highest BCUT2D eigenvalue weighted by atomic mass is 79.9. The van der Waals surface area contributed by atoms with Gasteiger partial charge in [0.05, 0.1) is 0 Å². The highest BCUT2D eigenvalue weighted by Crippen LogP contribution is 2.20. The minimum absolute atomic E-state index is 0.0137. The molecular formula is C16H27BrN4O3S. The van der Waals surface area contributed by atoms with Crippen molar-refractivity contribution in [2.24, 2.45) is 11.8 Å². The second-order valence-electron chi connectivity index (χ2n) is 6.77. The monoisotopic (exact) mass is 434 g/mol. The molecule has 0 fully saturated rings. The van der Waals surface area contributed by atoms with Gasteiger partial charge in [-0.05, 0) is 33.8 Å². The lowest BCUT2D eigenvalue weighted by atomic mass is 10.1. The molecule has 0 aliphatic rings. The molecule has 142 valence electrons. The lowest BCUT2D eigenvalue weighted by Crippen LogP contribution is -2.39. The molecule has 0 radical (unpaired) electrons. The lowest BCUT2D eigenvalue weighted by Gasteiger charge is -2.26. The second-order valence-corrected chi connectivity index (χ2v) is 9.42. The first-order valence-corrected chi connectivity index (χ1v) is 10.5. The molecule has 9 heteroatoms. The van der Waals surface area contributed by atoms with Gasteiger partial charge in [0.15, 0.2) is 0 Å². The number of hydrogen-bond donors (Lipinski definition) is 2. The molecule has 0 saturated carbocycles. The van der Waals surface area contributed by atoms with E-state index in [0.29, 0.717) is 29.4 Å². The van der Waals surface area contributed by atoms with Crippen LogP contribution in [0.2, 0.25) is 0 Å². The SMILES string of the molecule is CC(C)CN(CC(C)C)C(=O)CCNS(=O)(=O)c1cc(Br)cnc1N. The summed E-state index contributed by atoms with van der Waals surface area (Å²) >= 11 is 3.17. The number of nitrogen functional groups attached to an aromatic ring is 1. The van der Waals surface area contributed by atoms with Crippen LogP contribution in [0, 0.1) is 11.8 Å². The van der Waals surface area contributed by atoms with E-state index in [0.717, 1.165) is 0 Å². The maximum atomic E-state index is 12.4. The van der Waals surface area contributed by atoms with Gasteiger partial charge < -0.3 is 10.6 Å². The maximum Gasteiger partial charge on any atom is 0.244 e. The first-order chi connectivity index (χ1) is 11.5. The van der Waals surface area contributed by atoms with E-state index in [9.17, 15) is 13.2 Å². The van der Waals surface area contributed by atoms with Crippen LogP contribution in [0.3, 0.4) is 0 Å². The quantitative estimate of drug-likeness (QED) is 0.619. The van der Waals surface area contributed by atoms with Gasteiger partial charge in [-0.3, -0.25) is 4.79 Å². The molecule has 0 atom stereocenters. The molecule has 1 rings (SSSR count). The average molecular weight is 435 g/mol. The van der Waals surface area contributed by atoms with E-state index in [1.54, 1.807) is 4.90 Å². The van der Waals surface area contributed by atoms with Crippen molar-refractivity contribution < 1.29 is 13.2 Å². The number of nitrogens with two attached hydrogens (primary N) is 1. The Labute approximate surface area is 158 Å². The van der Waals surface area contributed by atoms with Gasteiger partial charge in [0.1, 0.15) is 10.7 Å². The summed E-state index contributed by atoms with van der Waals surface area (Å²) in [7, 11) is -3.82. The van der Waals surface area contributed by atoms with E-state index >= 15 is 0 Å². The number of anilines is 1. The minimum Gasteiger partial charge on any atom is -0.383 e. The van der Waals surface area contributed by atoms with Crippen molar-refractivity contribution >= 4 is 37.7 Å². The van der Waals surface area contributed by atoms with Crippen LogP contribution < -0.4 is 10.5 Å². The summed E-state index contributed by atoms with van der Waals surface area (Å²) in [6.07, 6.45) is 1.52. The molecule has 0 unspecified atom stereocenters. The van der Waals surface area contributed by atoms with Crippen LogP contribution in [0.4, 0.5) is 5.82 Å². The van der Waals surface area contributed by atoms with Crippen LogP contribution in [0.5, 0.6) is 0 Å². The van der Waals surface area contributed by atoms with Gasteiger partial charge in [0.25, 0.3) is 0 Å². The van der Waals surface area contributed by atoms with Crippen molar-refractivity contribution in [1.29, 1.82) is 0 Å². The third-order valence-electron chi connectivity index (χ3n) is 3.29. The number of carbonyl (C=O) groups is 1. The molecule has 1 amide bonds. The van der Waals surface area contributed by atoms with Gasteiger partial charge in [-0.25, -0.2) is 18.1 Å². The lowest BCUT2D eigenvalue weighted by molar-refractivity contribution is -0.132. The van der Waals surface area contributed by atoms with E-state index in [4.69, 9.17) is 5.73 Å². The maximum absolute atomic E-state index is 12.4. The Kier molecular flexibility index (Phi) is 8.30. The molecule has 0 aliphatic carbocycles. The number of halogens is 1. The molecule has 3 N–H and O–H groups in total. The predicted octanol–water partition coefficient (Wildman–Crippen LogP) is 2.24. The minimum atomic E-state index is -3.82. The number of nitrogens with zero attached hydrogens (tertiary/aromatic N) is 2. The molecule has 1 aromatic heterocycles. The second kappa shape index (κ2) is 9.49. The smallest absolute Gasteiger partial charge is 0.244 e. The molecule has 0 spiro atoms. The molecule has 0 aromatic carbocycles. The number of nitrogens with one attached hydrogen (secondary N) is 1. The van der Waals surface area contributed by atoms with Crippen molar-refractivity contribution in [3.63, 3.8) is 0 Å². The van der Waals surface area contributed by atoms with Gasteiger partial charge in [-0.15, -0.1) is 0 Å². The normalized spacial score (nSPS) is 12.0. The Balaban J connectivity index is 2.70. The number of aromatic nitrogens is 1. The van der Waals surface area contributed by atoms with Crippen molar-refractivity contribution in [1.82, 2.24) is 14.6 Å². The van der Waals surface area contributed by atoms with E-state index < -0.39 is 10.0 Å². The molecular weight excluding hydrogens is 408 g/mol. The first-order valence-electron chi connectivity index (χ1n) is 8.21. The number of amides is 1. The Morgan fingerprint density at radius 1 is 1.28 bits per heavy atom. The number of hydrogen-bond acceptors (Lipinski definition) is 5. The van der Waals surface area contributed by atoms with Crippen LogP contribution in [-0.4, -0.2) is 43.8 Å².